The Bertz CT molecular complexity index is 1460. The molecule has 1 fully saturated rings. The molecule has 2 N–H and O–H groups in total. The lowest BCUT2D eigenvalue weighted by Gasteiger charge is -2.31. The number of thiophene rings is 1. The van der Waals surface area contributed by atoms with Crippen molar-refractivity contribution in [3.8, 4) is 11.3 Å². The first-order valence-electron chi connectivity index (χ1n) is 11.8. The Morgan fingerprint density at radius 1 is 1.11 bits per heavy atom. The number of hydrogen-bond acceptors (Lipinski definition) is 7. The molecule has 192 valence electrons. The largest absolute Gasteiger partial charge is 0.444 e. The molecule has 0 radical (unpaired) electrons. The van der Waals surface area contributed by atoms with Crippen molar-refractivity contribution in [3.05, 3.63) is 88.7 Å². The second kappa shape index (κ2) is 11.1. The molecule has 3 heterocycles. The summed E-state index contributed by atoms with van der Waals surface area (Å²) >= 11 is 7.05. The minimum atomic E-state index is -3.59. The molecule has 8 nitrogen and oxygen atoms in total. The van der Waals surface area contributed by atoms with Crippen LogP contribution in [-0.4, -0.2) is 42.7 Å². The zero-order valence-corrected chi connectivity index (χ0v) is 22.2. The number of oxazole rings is 1. The number of nitrogens with one attached hydrogen (secondary N) is 2. The molecule has 1 amide bonds. The van der Waals surface area contributed by atoms with Crippen molar-refractivity contribution < 1.29 is 17.6 Å². The Hall–Kier alpha value is -3.18. The lowest BCUT2D eigenvalue weighted by atomic mass is 10.1. The van der Waals surface area contributed by atoms with Crippen molar-refractivity contribution in [2.75, 3.05) is 18.4 Å². The Kier molecular flexibility index (Phi) is 7.61. The lowest BCUT2D eigenvalue weighted by Crippen LogP contribution is -2.42. The van der Waals surface area contributed by atoms with Gasteiger partial charge in [-0.2, -0.15) is 4.31 Å². The Labute approximate surface area is 224 Å². The van der Waals surface area contributed by atoms with Crippen LogP contribution in [-0.2, 0) is 16.6 Å². The minimum absolute atomic E-state index is 0.165. The molecule has 0 spiro atoms. The molecule has 4 aromatic rings. The maximum Gasteiger partial charge on any atom is 0.252 e. The van der Waals surface area contributed by atoms with Crippen LogP contribution < -0.4 is 10.6 Å². The number of halogens is 1. The quantitative estimate of drug-likeness (QED) is 0.307. The zero-order valence-electron chi connectivity index (χ0n) is 19.8. The van der Waals surface area contributed by atoms with Gasteiger partial charge in [-0.1, -0.05) is 23.7 Å². The van der Waals surface area contributed by atoms with Crippen LogP contribution in [0.25, 0.3) is 11.3 Å². The summed E-state index contributed by atoms with van der Waals surface area (Å²) < 4.78 is 33.7. The summed E-state index contributed by atoms with van der Waals surface area (Å²) in [5, 5.41) is 6.89. The standard InChI is InChI=1S/C26H25ClN4O4S2/c27-20-6-4-18(5-7-20)26(32)29-15-23-8-9-25(36-23)37(33,34)31-12-10-21(11-13-31)30-22-3-1-2-19(14-22)24-16-28-17-35-24/h1-9,14,16-17,21,30H,10-13,15H2,(H,29,32). The fourth-order valence-corrected chi connectivity index (χ4v) is 7.23. The van der Waals surface area contributed by atoms with Gasteiger partial charge in [0.1, 0.15) is 4.21 Å². The van der Waals surface area contributed by atoms with Crippen LogP contribution in [0.4, 0.5) is 5.69 Å². The summed E-state index contributed by atoms with van der Waals surface area (Å²) in [4.78, 5) is 17.1. The van der Waals surface area contributed by atoms with E-state index in [2.05, 4.69) is 15.6 Å². The molecule has 2 aromatic heterocycles. The van der Waals surface area contributed by atoms with E-state index in [9.17, 15) is 13.2 Å². The third-order valence-corrected chi connectivity index (χ3v) is 9.87. The number of sulfonamides is 1. The topological polar surface area (TPSA) is 105 Å². The monoisotopic (exact) mass is 556 g/mol. The summed E-state index contributed by atoms with van der Waals surface area (Å²) in [6.45, 7) is 1.12. The number of rotatable bonds is 8. The lowest BCUT2D eigenvalue weighted by molar-refractivity contribution is 0.0951. The van der Waals surface area contributed by atoms with Crippen LogP contribution >= 0.6 is 22.9 Å². The maximum atomic E-state index is 13.2. The summed E-state index contributed by atoms with van der Waals surface area (Å²) in [5.41, 5.74) is 2.38. The van der Waals surface area contributed by atoms with Gasteiger partial charge in [0.2, 0.25) is 0 Å². The Balaban J connectivity index is 1.15. The molecule has 5 rings (SSSR count). The highest BCUT2D eigenvalue weighted by molar-refractivity contribution is 7.91. The van der Waals surface area contributed by atoms with Crippen molar-refractivity contribution >= 4 is 44.6 Å². The van der Waals surface area contributed by atoms with Crippen LogP contribution in [0, 0.1) is 0 Å². The maximum absolute atomic E-state index is 13.2. The van der Waals surface area contributed by atoms with Gasteiger partial charge >= 0.3 is 0 Å². The van der Waals surface area contributed by atoms with Crippen molar-refractivity contribution in [2.24, 2.45) is 0 Å². The Morgan fingerprint density at radius 2 is 1.89 bits per heavy atom. The Morgan fingerprint density at radius 3 is 2.62 bits per heavy atom. The van der Waals surface area contributed by atoms with Gasteiger partial charge in [-0.15, -0.1) is 11.3 Å². The first kappa shape index (κ1) is 25.5. The number of anilines is 1. The van der Waals surface area contributed by atoms with Crippen molar-refractivity contribution in [1.29, 1.82) is 0 Å². The number of carbonyl (C=O) groups excluding carboxylic acids is 1. The molecule has 0 bridgehead atoms. The summed E-state index contributed by atoms with van der Waals surface area (Å²) in [6.07, 6.45) is 4.47. The van der Waals surface area contributed by atoms with E-state index >= 15 is 0 Å². The van der Waals surface area contributed by atoms with Crippen LogP contribution in [0.2, 0.25) is 5.02 Å². The third kappa shape index (κ3) is 6.04. The second-order valence-corrected chi connectivity index (χ2v) is 12.4. The number of aromatic nitrogens is 1. The van der Waals surface area contributed by atoms with E-state index in [4.69, 9.17) is 16.0 Å². The highest BCUT2D eigenvalue weighted by Gasteiger charge is 2.30. The normalized spacial score (nSPS) is 14.9. The molecule has 0 atom stereocenters. The van der Waals surface area contributed by atoms with Crippen LogP contribution in [0.5, 0.6) is 0 Å². The van der Waals surface area contributed by atoms with Gasteiger partial charge in [0.25, 0.3) is 15.9 Å². The SMILES string of the molecule is O=C(NCc1ccc(S(=O)(=O)N2CCC(Nc3cccc(-c4cnco4)c3)CC2)s1)c1ccc(Cl)cc1. The molecular formula is C26H25ClN4O4S2. The minimum Gasteiger partial charge on any atom is -0.444 e. The third-order valence-electron chi connectivity index (χ3n) is 6.16. The molecule has 1 aliphatic rings. The predicted octanol–water partition coefficient (Wildman–Crippen LogP) is 5.25. The van der Waals surface area contributed by atoms with E-state index in [-0.39, 0.29) is 22.7 Å². The van der Waals surface area contributed by atoms with E-state index in [1.165, 1.54) is 22.0 Å². The van der Waals surface area contributed by atoms with Crippen molar-refractivity contribution in [2.45, 2.75) is 29.6 Å². The molecule has 0 unspecified atom stereocenters. The highest BCUT2D eigenvalue weighted by atomic mass is 35.5. The van der Waals surface area contributed by atoms with E-state index in [0.717, 1.165) is 16.1 Å². The first-order valence-corrected chi connectivity index (χ1v) is 14.4. The molecule has 37 heavy (non-hydrogen) atoms. The van der Waals surface area contributed by atoms with E-state index in [1.54, 1.807) is 42.6 Å². The number of hydrogen-bond donors (Lipinski definition) is 2. The fourth-order valence-electron chi connectivity index (χ4n) is 4.19. The van der Waals surface area contributed by atoms with Gasteiger partial charge in [0, 0.05) is 45.8 Å². The van der Waals surface area contributed by atoms with Gasteiger partial charge in [0.15, 0.2) is 12.2 Å². The van der Waals surface area contributed by atoms with Gasteiger partial charge < -0.3 is 15.1 Å². The molecular weight excluding hydrogens is 532 g/mol. The van der Waals surface area contributed by atoms with Crippen LogP contribution in [0.1, 0.15) is 28.1 Å². The molecule has 11 heteroatoms. The molecule has 1 saturated heterocycles. The molecule has 1 aliphatic heterocycles. The summed E-state index contributed by atoms with van der Waals surface area (Å²) in [6, 6.07) is 18.0. The van der Waals surface area contributed by atoms with E-state index in [1.807, 2.05) is 24.3 Å². The molecule has 2 aromatic carbocycles. The number of amides is 1. The number of carbonyl (C=O) groups is 1. The first-order chi connectivity index (χ1) is 17.9. The highest BCUT2D eigenvalue weighted by Crippen LogP contribution is 2.29. The van der Waals surface area contributed by atoms with Gasteiger partial charge in [-0.3, -0.25) is 4.79 Å². The van der Waals surface area contributed by atoms with Crippen molar-refractivity contribution in [1.82, 2.24) is 14.6 Å². The average molecular weight is 557 g/mol. The van der Waals surface area contributed by atoms with Crippen LogP contribution in [0.3, 0.4) is 0 Å². The predicted molar refractivity (Wildman–Crippen MR) is 144 cm³/mol. The molecule has 0 saturated carbocycles. The van der Waals surface area contributed by atoms with Gasteiger partial charge in [-0.05, 0) is 61.4 Å². The number of nitrogens with zero attached hydrogens (tertiary/aromatic N) is 2. The van der Waals surface area contributed by atoms with E-state index < -0.39 is 10.0 Å². The smallest absolute Gasteiger partial charge is 0.252 e. The number of piperidine rings is 1. The summed E-state index contributed by atoms with van der Waals surface area (Å²) in [5.74, 6) is 0.458. The fraction of sp³-hybridized carbons (Fsp3) is 0.231. The van der Waals surface area contributed by atoms with Gasteiger partial charge in [-0.25, -0.2) is 13.4 Å². The second-order valence-electron chi connectivity index (χ2n) is 8.68. The van der Waals surface area contributed by atoms with Crippen LogP contribution in [0.15, 0.2) is 81.9 Å². The molecule has 0 aliphatic carbocycles. The average Bonchev–Trinajstić information content (AvgIpc) is 3.61. The van der Waals surface area contributed by atoms with E-state index in [0.29, 0.717) is 42.3 Å². The summed E-state index contributed by atoms with van der Waals surface area (Å²) in [7, 11) is -3.59. The zero-order chi connectivity index (χ0) is 25.8. The van der Waals surface area contributed by atoms with Gasteiger partial charge in [0.05, 0.1) is 12.7 Å². The number of benzene rings is 2. The van der Waals surface area contributed by atoms with Crippen molar-refractivity contribution in [3.63, 3.8) is 0 Å².